The number of carbonyl (C=O) groups excluding carboxylic acids is 1. The summed E-state index contributed by atoms with van der Waals surface area (Å²) in [7, 11) is 0. The molecule has 2 fully saturated rings. The Morgan fingerprint density at radius 3 is 2.90 bits per heavy atom. The van der Waals surface area contributed by atoms with Gasteiger partial charge in [-0.25, -0.2) is 9.97 Å². The van der Waals surface area contributed by atoms with Crippen molar-refractivity contribution >= 4 is 22.9 Å². The maximum atomic E-state index is 12.4. The number of rotatable bonds is 3. The zero-order valence-electron chi connectivity index (χ0n) is 11.6. The van der Waals surface area contributed by atoms with E-state index < -0.39 is 0 Å². The van der Waals surface area contributed by atoms with Crippen LogP contribution in [0.1, 0.15) is 18.4 Å². The fraction of sp³-hybridized carbons (Fsp3) is 0.400. The van der Waals surface area contributed by atoms with Crippen LogP contribution in [0.4, 0.5) is 5.69 Å². The predicted molar refractivity (Wildman–Crippen MR) is 81.1 cm³/mol. The molecule has 0 spiro atoms. The summed E-state index contributed by atoms with van der Waals surface area (Å²) in [5, 5.41) is 4.29. The maximum Gasteiger partial charge on any atom is 0.229 e. The van der Waals surface area contributed by atoms with Crippen molar-refractivity contribution in [3.8, 4) is 0 Å². The van der Waals surface area contributed by atoms with Gasteiger partial charge in [0.25, 0.3) is 0 Å². The van der Waals surface area contributed by atoms with E-state index in [0.717, 1.165) is 25.2 Å². The summed E-state index contributed by atoms with van der Waals surface area (Å²) < 4.78 is 0. The van der Waals surface area contributed by atoms with E-state index in [1.807, 2.05) is 4.90 Å². The van der Waals surface area contributed by atoms with Gasteiger partial charge < -0.3 is 4.90 Å². The second-order valence-electron chi connectivity index (χ2n) is 5.59. The molecule has 2 aliphatic heterocycles. The van der Waals surface area contributed by atoms with Crippen molar-refractivity contribution in [1.82, 2.24) is 14.9 Å². The Labute approximate surface area is 127 Å². The van der Waals surface area contributed by atoms with Gasteiger partial charge in [0.1, 0.15) is 6.33 Å². The molecule has 0 aliphatic carbocycles. The Morgan fingerprint density at radius 2 is 2.14 bits per heavy atom. The lowest BCUT2D eigenvalue weighted by Gasteiger charge is -2.24. The highest BCUT2D eigenvalue weighted by molar-refractivity contribution is 7.07. The number of hydrogen-bond acceptors (Lipinski definition) is 5. The van der Waals surface area contributed by atoms with Crippen LogP contribution in [0.2, 0.25) is 0 Å². The standard InChI is InChI=1S/C15H16N4OS/c20-15-5-14-13(19(15)12-6-16-10-17-7-12)1-3-18(14)8-11-2-4-21-9-11/h2,4,6-7,9-10,13-14H,1,3,5,8H2/t13-,14+/m0/s1. The number of anilines is 1. The summed E-state index contributed by atoms with van der Waals surface area (Å²) in [5.41, 5.74) is 2.17. The van der Waals surface area contributed by atoms with Gasteiger partial charge in [0.05, 0.1) is 24.1 Å². The average molecular weight is 300 g/mol. The second kappa shape index (κ2) is 5.20. The molecular weight excluding hydrogens is 284 g/mol. The van der Waals surface area contributed by atoms with E-state index in [2.05, 4.69) is 31.7 Å². The minimum absolute atomic E-state index is 0.190. The quantitative estimate of drug-likeness (QED) is 0.869. The number of amides is 1. The molecule has 0 bridgehead atoms. The molecule has 0 aromatic carbocycles. The van der Waals surface area contributed by atoms with Crippen molar-refractivity contribution in [3.63, 3.8) is 0 Å². The smallest absolute Gasteiger partial charge is 0.229 e. The van der Waals surface area contributed by atoms with Crippen LogP contribution in [-0.2, 0) is 11.3 Å². The normalized spacial score (nSPS) is 25.5. The minimum atomic E-state index is 0.190. The van der Waals surface area contributed by atoms with Gasteiger partial charge in [-0.2, -0.15) is 11.3 Å². The highest BCUT2D eigenvalue weighted by Crippen LogP contribution is 2.36. The van der Waals surface area contributed by atoms with Gasteiger partial charge in [-0.15, -0.1) is 0 Å². The number of thiophene rings is 1. The molecule has 0 radical (unpaired) electrons. The molecule has 2 saturated heterocycles. The zero-order chi connectivity index (χ0) is 14.2. The van der Waals surface area contributed by atoms with Crippen LogP contribution in [0, 0.1) is 0 Å². The lowest BCUT2D eigenvalue weighted by atomic mass is 10.1. The van der Waals surface area contributed by atoms with Crippen molar-refractivity contribution in [1.29, 1.82) is 0 Å². The predicted octanol–water partition coefficient (Wildman–Crippen LogP) is 1.92. The Hall–Kier alpha value is -1.79. The first-order valence-corrected chi connectivity index (χ1v) is 8.09. The van der Waals surface area contributed by atoms with Crippen LogP contribution in [-0.4, -0.2) is 39.4 Å². The molecule has 0 unspecified atom stereocenters. The summed E-state index contributed by atoms with van der Waals surface area (Å²) in [5.74, 6) is 0.190. The van der Waals surface area contributed by atoms with E-state index >= 15 is 0 Å². The maximum absolute atomic E-state index is 12.4. The SMILES string of the molecule is O=C1C[C@@H]2[C@H](CCN2Cc2ccsc2)N1c1cncnc1. The largest absolute Gasteiger partial charge is 0.305 e. The summed E-state index contributed by atoms with van der Waals surface area (Å²) >= 11 is 1.73. The fourth-order valence-corrected chi connectivity index (χ4v) is 4.15. The van der Waals surface area contributed by atoms with Crippen LogP contribution in [0.25, 0.3) is 0 Å². The Bertz CT molecular complexity index is 630. The molecule has 2 aromatic rings. The van der Waals surface area contributed by atoms with Crippen molar-refractivity contribution in [2.45, 2.75) is 31.5 Å². The second-order valence-corrected chi connectivity index (χ2v) is 6.37. The Morgan fingerprint density at radius 1 is 1.29 bits per heavy atom. The third-order valence-electron chi connectivity index (χ3n) is 4.40. The summed E-state index contributed by atoms with van der Waals surface area (Å²) in [6.45, 7) is 1.99. The molecule has 4 heterocycles. The molecule has 0 N–H and O–H groups in total. The van der Waals surface area contributed by atoms with Gasteiger partial charge in [0, 0.05) is 25.6 Å². The molecule has 21 heavy (non-hydrogen) atoms. The average Bonchev–Trinajstić information content (AvgIpc) is 3.19. The van der Waals surface area contributed by atoms with Crippen molar-refractivity contribution < 1.29 is 4.79 Å². The van der Waals surface area contributed by atoms with Crippen LogP contribution in [0.15, 0.2) is 35.5 Å². The van der Waals surface area contributed by atoms with Gasteiger partial charge in [-0.1, -0.05) is 0 Å². The lowest BCUT2D eigenvalue weighted by Crippen LogP contribution is -2.37. The van der Waals surface area contributed by atoms with Gasteiger partial charge in [0.15, 0.2) is 0 Å². The molecule has 4 rings (SSSR count). The number of hydrogen-bond donors (Lipinski definition) is 0. The first kappa shape index (κ1) is 12.9. The molecule has 2 aromatic heterocycles. The van der Waals surface area contributed by atoms with E-state index in [1.165, 1.54) is 11.9 Å². The number of aromatic nitrogens is 2. The van der Waals surface area contributed by atoms with Crippen LogP contribution < -0.4 is 4.90 Å². The minimum Gasteiger partial charge on any atom is -0.305 e. The van der Waals surface area contributed by atoms with Gasteiger partial charge in [-0.05, 0) is 28.8 Å². The topological polar surface area (TPSA) is 49.3 Å². The molecule has 2 aliphatic rings. The van der Waals surface area contributed by atoms with Crippen molar-refractivity contribution in [2.24, 2.45) is 0 Å². The molecule has 1 amide bonds. The summed E-state index contributed by atoms with van der Waals surface area (Å²) in [6, 6.07) is 2.75. The first-order chi connectivity index (χ1) is 10.3. The molecule has 2 atom stereocenters. The van der Waals surface area contributed by atoms with Gasteiger partial charge in [0.2, 0.25) is 5.91 Å². The van der Waals surface area contributed by atoms with Crippen molar-refractivity contribution in [2.75, 3.05) is 11.4 Å². The number of fused-ring (bicyclic) bond motifs is 1. The molecule has 5 nitrogen and oxygen atoms in total. The monoisotopic (exact) mass is 300 g/mol. The van der Waals surface area contributed by atoms with E-state index in [1.54, 1.807) is 23.7 Å². The molecular formula is C15H16N4OS. The number of likely N-dealkylation sites (tertiary alicyclic amines) is 1. The van der Waals surface area contributed by atoms with Crippen molar-refractivity contribution in [3.05, 3.63) is 41.1 Å². The molecule has 108 valence electrons. The van der Waals surface area contributed by atoms with E-state index in [4.69, 9.17) is 0 Å². The van der Waals surface area contributed by atoms with Gasteiger partial charge >= 0.3 is 0 Å². The number of carbonyl (C=O) groups is 1. The van der Waals surface area contributed by atoms with E-state index in [0.29, 0.717) is 12.5 Å². The molecule has 6 heteroatoms. The third kappa shape index (κ3) is 2.24. The highest BCUT2D eigenvalue weighted by atomic mass is 32.1. The Kier molecular flexibility index (Phi) is 3.20. The first-order valence-electron chi connectivity index (χ1n) is 7.15. The van der Waals surface area contributed by atoms with Gasteiger partial charge in [-0.3, -0.25) is 9.69 Å². The molecule has 0 saturated carbocycles. The van der Waals surface area contributed by atoms with Crippen LogP contribution in [0.5, 0.6) is 0 Å². The van der Waals surface area contributed by atoms with Crippen LogP contribution >= 0.6 is 11.3 Å². The zero-order valence-corrected chi connectivity index (χ0v) is 12.4. The van der Waals surface area contributed by atoms with Crippen LogP contribution in [0.3, 0.4) is 0 Å². The lowest BCUT2D eigenvalue weighted by molar-refractivity contribution is -0.117. The van der Waals surface area contributed by atoms with E-state index in [-0.39, 0.29) is 11.9 Å². The summed E-state index contributed by atoms with van der Waals surface area (Å²) in [4.78, 5) is 24.8. The highest BCUT2D eigenvalue weighted by Gasteiger charge is 2.47. The Balaban J connectivity index is 1.55. The third-order valence-corrected chi connectivity index (χ3v) is 5.13. The summed E-state index contributed by atoms with van der Waals surface area (Å²) in [6.07, 6.45) is 6.59. The number of nitrogens with zero attached hydrogens (tertiary/aromatic N) is 4. The van der Waals surface area contributed by atoms with E-state index in [9.17, 15) is 4.79 Å². The fourth-order valence-electron chi connectivity index (χ4n) is 3.49.